The molecule has 0 spiro atoms. The molecule has 190 valence electrons. The second-order valence-corrected chi connectivity index (χ2v) is 8.54. The average molecular weight is 503 g/mol. The number of Topliss-reactive ketones (excluding diaryl/α,β-unsaturated/α-hetero) is 1. The number of rotatable bonds is 6. The van der Waals surface area contributed by atoms with Crippen molar-refractivity contribution in [3.05, 3.63) is 60.3 Å². The maximum atomic E-state index is 13.2. The van der Waals surface area contributed by atoms with Gasteiger partial charge in [-0.15, -0.1) is 13.2 Å². The van der Waals surface area contributed by atoms with Crippen molar-refractivity contribution in [1.29, 1.82) is 0 Å². The molecular formula is C24H24F3N5O4. The highest BCUT2D eigenvalue weighted by molar-refractivity contribution is 6.05. The van der Waals surface area contributed by atoms with Crippen LogP contribution in [0.25, 0.3) is 10.9 Å². The first kappa shape index (κ1) is 25.0. The number of hydrogen-bond acceptors (Lipinski definition) is 5. The summed E-state index contributed by atoms with van der Waals surface area (Å²) in [7, 11) is 0. The van der Waals surface area contributed by atoms with Crippen LogP contribution >= 0.6 is 0 Å². The molecule has 0 aliphatic carbocycles. The van der Waals surface area contributed by atoms with E-state index in [1.54, 1.807) is 24.3 Å². The number of para-hydroxylation sites is 1. The number of urea groups is 1. The standard InChI is InChI=1S/C24H24F3N5O4/c25-24(26,27)36-16-5-3-4-14(8-16)10-21(33)20-9-15(11-28)12-32(20)23(35)30-18-13-31(22(29)34)19-7-2-1-6-17(18)19/h1-8,13,15,20H,9-12,28H2,(H2,29,34)(H,30,35)/t15-,20-/m0/s1. The van der Waals surface area contributed by atoms with E-state index in [2.05, 4.69) is 10.1 Å². The first-order chi connectivity index (χ1) is 17.1. The number of carbonyl (C=O) groups is 3. The molecule has 9 nitrogen and oxygen atoms in total. The number of carbonyl (C=O) groups excluding carboxylic acids is 3. The molecule has 12 heteroatoms. The molecular weight excluding hydrogens is 479 g/mol. The van der Waals surface area contributed by atoms with E-state index in [1.807, 2.05) is 0 Å². The molecule has 0 saturated carbocycles. The fourth-order valence-corrected chi connectivity index (χ4v) is 4.44. The van der Waals surface area contributed by atoms with Gasteiger partial charge < -0.3 is 26.4 Å². The molecule has 2 atom stereocenters. The van der Waals surface area contributed by atoms with Gasteiger partial charge >= 0.3 is 18.4 Å². The van der Waals surface area contributed by atoms with Crippen LogP contribution in [-0.4, -0.2) is 52.8 Å². The van der Waals surface area contributed by atoms with Crippen LogP contribution in [0.15, 0.2) is 54.7 Å². The highest BCUT2D eigenvalue weighted by atomic mass is 19.4. The van der Waals surface area contributed by atoms with Gasteiger partial charge in [-0.25, -0.2) is 9.59 Å². The maximum absolute atomic E-state index is 13.2. The zero-order valence-electron chi connectivity index (χ0n) is 19.0. The molecule has 1 saturated heterocycles. The van der Waals surface area contributed by atoms with Gasteiger partial charge in [-0.3, -0.25) is 9.36 Å². The minimum Gasteiger partial charge on any atom is -0.406 e. The van der Waals surface area contributed by atoms with E-state index in [-0.39, 0.29) is 31.2 Å². The third-order valence-electron chi connectivity index (χ3n) is 6.05. The number of fused-ring (bicyclic) bond motifs is 1. The van der Waals surface area contributed by atoms with Gasteiger partial charge in [-0.1, -0.05) is 30.3 Å². The molecule has 2 heterocycles. The highest BCUT2D eigenvalue weighted by Crippen LogP contribution is 2.30. The third-order valence-corrected chi connectivity index (χ3v) is 6.05. The fourth-order valence-electron chi connectivity index (χ4n) is 4.44. The lowest BCUT2D eigenvalue weighted by Gasteiger charge is -2.24. The van der Waals surface area contributed by atoms with Crippen LogP contribution in [0, 0.1) is 5.92 Å². The monoisotopic (exact) mass is 503 g/mol. The molecule has 2 aromatic carbocycles. The lowest BCUT2D eigenvalue weighted by atomic mass is 9.98. The lowest BCUT2D eigenvalue weighted by molar-refractivity contribution is -0.274. The molecule has 0 unspecified atom stereocenters. The van der Waals surface area contributed by atoms with Crippen molar-refractivity contribution in [2.24, 2.45) is 17.4 Å². The number of anilines is 1. The molecule has 0 radical (unpaired) electrons. The molecule has 5 N–H and O–H groups in total. The van der Waals surface area contributed by atoms with Crippen molar-refractivity contribution in [3.8, 4) is 5.75 Å². The number of nitrogens with zero attached hydrogens (tertiary/aromatic N) is 2. The van der Waals surface area contributed by atoms with Crippen LogP contribution in [-0.2, 0) is 11.2 Å². The number of alkyl halides is 3. The summed E-state index contributed by atoms with van der Waals surface area (Å²) < 4.78 is 42.8. The number of ether oxygens (including phenoxy) is 1. The van der Waals surface area contributed by atoms with Crippen molar-refractivity contribution in [2.75, 3.05) is 18.4 Å². The molecule has 36 heavy (non-hydrogen) atoms. The van der Waals surface area contributed by atoms with E-state index in [9.17, 15) is 27.6 Å². The van der Waals surface area contributed by atoms with Gasteiger partial charge in [-0.2, -0.15) is 0 Å². The predicted octanol–water partition coefficient (Wildman–Crippen LogP) is 3.46. The lowest BCUT2D eigenvalue weighted by Crippen LogP contribution is -2.43. The maximum Gasteiger partial charge on any atom is 0.573 e. The zero-order valence-corrected chi connectivity index (χ0v) is 19.0. The summed E-state index contributed by atoms with van der Waals surface area (Å²) in [5.74, 6) is -0.902. The number of ketones is 1. The molecule has 3 aromatic rings. The van der Waals surface area contributed by atoms with Crippen LogP contribution < -0.4 is 21.5 Å². The van der Waals surface area contributed by atoms with Gasteiger partial charge in [0.1, 0.15) is 5.75 Å². The molecule has 1 aliphatic rings. The molecule has 0 bridgehead atoms. The van der Waals surface area contributed by atoms with E-state index >= 15 is 0 Å². The van der Waals surface area contributed by atoms with Crippen LogP contribution in [0.3, 0.4) is 0 Å². The summed E-state index contributed by atoms with van der Waals surface area (Å²) in [6.45, 7) is 0.480. The predicted molar refractivity (Wildman–Crippen MR) is 125 cm³/mol. The van der Waals surface area contributed by atoms with Crippen molar-refractivity contribution >= 4 is 34.4 Å². The van der Waals surface area contributed by atoms with Gasteiger partial charge in [0.2, 0.25) is 0 Å². The Morgan fingerprint density at radius 1 is 1.11 bits per heavy atom. The number of amides is 3. The number of benzene rings is 2. The van der Waals surface area contributed by atoms with Crippen molar-refractivity contribution in [3.63, 3.8) is 0 Å². The fraction of sp³-hybridized carbons (Fsp3) is 0.292. The van der Waals surface area contributed by atoms with Crippen LogP contribution in [0.2, 0.25) is 0 Å². The Labute approximate surface area is 203 Å². The Morgan fingerprint density at radius 2 is 1.86 bits per heavy atom. The molecule has 4 rings (SSSR count). The summed E-state index contributed by atoms with van der Waals surface area (Å²) in [6, 6.07) is 9.92. The SMILES string of the molecule is NC[C@@H]1C[C@@H](C(=O)Cc2cccc(OC(F)(F)F)c2)N(C(=O)Nc2cn(C(N)=O)c3ccccc23)C1. The van der Waals surface area contributed by atoms with Gasteiger partial charge in [0.15, 0.2) is 5.78 Å². The number of halogens is 3. The van der Waals surface area contributed by atoms with Crippen molar-refractivity contribution < 1.29 is 32.3 Å². The van der Waals surface area contributed by atoms with E-state index in [1.165, 1.54) is 27.8 Å². The number of hydrogen-bond donors (Lipinski definition) is 3. The number of nitrogens with one attached hydrogen (secondary N) is 1. The summed E-state index contributed by atoms with van der Waals surface area (Å²) in [6.07, 6.45) is -3.31. The first-order valence-corrected chi connectivity index (χ1v) is 11.1. The topological polar surface area (TPSA) is 133 Å². The van der Waals surface area contributed by atoms with E-state index in [0.29, 0.717) is 28.6 Å². The zero-order chi connectivity index (χ0) is 26.0. The molecule has 3 amide bonds. The number of aromatic nitrogens is 1. The normalized spacial score (nSPS) is 17.8. The smallest absolute Gasteiger partial charge is 0.406 e. The Kier molecular flexibility index (Phi) is 6.88. The third kappa shape index (κ3) is 5.43. The number of nitrogens with two attached hydrogens (primary N) is 2. The number of primary amides is 1. The van der Waals surface area contributed by atoms with Gasteiger partial charge in [-0.05, 0) is 42.6 Å². The van der Waals surface area contributed by atoms with Crippen LogP contribution in [0.1, 0.15) is 12.0 Å². The minimum absolute atomic E-state index is 0.128. The van der Waals surface area contributed by atoms with Gasteiger partial charge in [0.05, 0.1) is 17.2 Å². The van der Waals surface area contributed by atoms with Crippen molar-refractivity contribution in [1.82, 2.24) is 9.47 Å². The van der Waals surface area contributed by atoms with E-state index in [0.717, 1.165) is 12.1 Å². The summed E-state index contributed by atoms with van der Waals surface area (Å²) in [5, 5.41) is 3.34. The van der Waals surface area contributed by atoms with Crippen LogP contribution in [0.4, 0.5) is 28.4 Å². The molecule has 1 fully saturated rings. The Balaban J connectivity index is 1.53. The number of likely N-dealkylation sites (tertiary alicyclic amines) is 1. The van der Waals surface area contributed by atoms with Gasteiger partial charge in [0, 0.05) is 24.5 Å². The highest BCUT2D eigenvalue weighted by Gasteiger charge is 2.39. The Morgan fingerprint density at radius 3 is 2.56 bits per heavy atom. The molecule has 1 aromatic heterocycles. The first-order valence-electron chi connectivity index (χ1n) is 11.1. The average Bonchev–Trinajstić information content (AvgIpc) is 3.41. The largest absolute Gasteiger partial charge is 0.573 e. The second-order valence-electron chi connectivity index (χ2n) is 8.54. The second kappa shape index (κ2) is 9.90. The minimum atomic E-state index is -4.85. The van der Waals surface area contributed by atoms with E-state index in [4.69, 9.17) is 11.5 Å². The van der Waals surface area contributed by atoms with Crippen molar-refractivity contribution in [2.45, 2.75) is 25.2 Å². The quantitative estimate of drug-likeness (QED) is 0.474. The summed E-state index contributed by atoms with van der Waals surface area (Å²) in [5.41, 5.74) is 12.4. The summed E-state index contributed by atoms with van der Waals surface area (Å²) >= 11 is 0. The summed E-state index contributed by atoms with van der Waals surface area (Å²) in [4.78, 5) is 39.6. The molecule has 1 aliphatic heterocycles. The van der Waals surface area contributed by atoms with Crippen LogP contribution in [0.5, 0.6) is 5.75 Å². The Hall–Kier alpha value is -4.06. The van der Waals surface area contributed by atoms with E-state index < -0.39 is 30.2 Å². The van der Waals surface area contributed by atoms with Gasteiger partial charge in [0.25, 0.3) is 0 Å². The Bertz CT molecular complexity index is 1310.